The van der Waals surface area contributed by atoms with Crippen molar-refractivity contribution in [2.24, 2.45) is 4.99 Å². The summed E-state index contributed by atoms with van der Waals surface area (Å²) in [6.45, 7) is 1.50. The van der Waals surface area contributed by atoms with Crippen molar-refractivity contribution in [1.82, 2.24) is 5.32 Å². The molecular weight excluding hydrogens is 236 g/mol. The van der Waals surface area contributed by atoms with E-state index in [-0.39, 0.29) is 6.61 Å². The van der Waals surface area contributed by atoms with E-state index in [1.54, 1.807) is 0 Å². The summed E-state index contributed by atoms with van der Waals surface area (Å²) in [4.78, 5) is 5.47. The lowest BCUT2D eigenvalue weighted by atomic mass is 10.2. The molecule has 17 heavy (non-hydrogen) atoms. The van der Waals surface area contributed by atoms with Crippen molar-refractivity contribution in [2.45, 2.75) is 11.0 Å². The lowest BCUT2D eigenvalue weighted by Gasteiger charge is -2.11. The third-order valence-electron chi connectivity index (χ3n) is 2.46. The highest BCUT2D eigenvalue weighted by atomic mass is 32.2. The average Bonchev–Trinajstić information content (AvgIpc) is 2.90. The maximum Gasteiger partial charge on any atom is 0.129 e. The molecule has 0 bridgehead atoms. The number of thioether (sulfide) groups is 1. The van der Waals surface area contributed by atoms with Crippen LogP contribution in [0.1, 0.15) is 5.56 Å². The monoisotopic (exact) mass is 252 g/mol. The first-order valence-corrected chi connectivity index (χ1v) is 6.59. The van der Waals surface area contributed by atoms with E-state index in [0.29, 0.717) is 5.75 Å². The molecule has 1 aliphatic heterocycles. The molecule has 5 heteroatoms. The fraction of sp³-hybridized carbons (Fsp3) is 0.417. The van der Waals surface area contributed by atoms with Crippen LogP contribution in [0.2, 0.25) is 0 Å². The van der Waals surface area contributed by atoms with E-state index in [9.17, 15) is 5.11 Å². The lowest BCUT2D eigenvalue weighted by Crippen LogP contribution is -2.20. The molecule has 0 aliphatic carbocycles. The number of benzene rings is 1. The third kappa shape index (κ3) is 3.21. The lowest BCUT2D eigenvalue weighted by molar-refractivity contribution is 0.113. The number of aliphatic hydroxyl groups excluding tert-OH is 2. The van der Waals surface area contributed by atoms with Crippen molar-refractivity contribution in [3.05, 3.63) is 29.8 Å². The number of rotatable bonds is 5. The Morgan fingerprint density at radius 2 is 2.24 bits per heavy atom. The molecule has 1 aliphatic rings. The Morgan fingerprint density at radius 3 is 2.94 bits per heavy atom. The SMILES string of the molecule is OCC(O)CSc1ccccc1C1=NCCN1. The van der Waals surface area contributed by atoms with E-state index in [0.717, 1.165) is 29.4 Å². The molecule has 0 aromatic heterocycles. The van der Waals surface area contributed by atoms with Crippen LogP contribution in [0.25, 0.3) is 0 Å². The van der Waals surface area contributed by atoms with Crippen LogP contribution >= 0.6 is 11.8 Å². The van der Waals surface area contributed by atoms with Gasteiger partial charge < -0.3 is 15.5 Å². The summed E-state index contributed by atoms with van der Waals surface area (Å²) < 4.78 is 0. The standard InChI is InChI=1S/C12H16N2O2S/c15-7-9(16)8-17-11-4-2-1-3-10(11)12-13-5-6-14-12/h1-4,9,15-16H,5-8H2,(H,13,14). The Hall–Kier alpha value is -1.04. The van der Waals surface area contributed by atoms with Crippen molar-refractivity contribution >= 4 is 17.6 Å². The van der Waals surface area contributed by atoms with Crippen LogP contribution in [0.5, 0.6) is 0 Å². The molecule has 0 saturated heterocycles. The fourth-order valence-electron chi connectivity index (χ4n) is 1.61. The van der Waals surface area contributed by atoms with Gasteiger partial charge in [0.05, 0.1) is 19.3 Å². The number of hydrogen-bond donors (Lipinski definition) is 3. The first kappa shape index (κ1) is 12.4. The molecule has 92 valence electrons. The number of hydrogen-bond acceptors (Lipinski definition) is 5. The molecule has 1 aromatic carbocycles. The normalized spacial score (nSPS) is 16.5. The number of aliphatic imine (C=N–C) groups is 1. The summed E-state index contributed by atoms with van der Waals surface area (Å²) in [5.41, 5.74) is 1.07. The molecule has 1 aromatic rings. The number of amidine groups is 1. The molecular formula is C12H16N2O2S. The van der Waals surface area contributed by atoms with Crippen LogP contribution in [0, 0.1) is 0 Å². The Labute approximate surface area is 105 Å². The second kappa shape index (κ2) is 6.05. The summed E-state index contributed by atoms with van der Waals surface area (Å²) in [5.74, 6) is 1.41. The van der Waals surface area contributed by atoms with E-state index in [1.165, 1.54) is 11.8 Å². The second-order valence-electron chi connectivity index (χ2n) is 3.80. The van der Waals surface area contributed by atoms with Gasteiger partial charge in [-0.15, -0.1) is 11.8 Å². The topological polar surface area (TPSA) is 64.8 Å². The highest BCUT2D eigenvalue weighted by Gasteiger charge is 2.13. The number of nitrogens with one attached hydrogen (secondary N) is 1. The van der Waals surface area contributed by atoms with Crippen LogP contribution in [-0.4, -0.2) is 47.6 Å². The number of aliphatic hydroxyl groups is 2. The van der Waals surface area contributed by atoms with Gasteiger partial charge in [0.15, 0.2) is 0 Å². The van der Waals surface area contributed by atoms with Gasteiger partial charge in [0.25, 0.3) is 0 Å². The summed E-state index contributed by atoms with van der Waals surface area (Å²) in [7, 11) is 0. The van der Waals surface area contributed by atoms with Gasteiger partial charge >= 0.3 is 0 Å². The first-order valence-electron chi connectivity index (χ1n) is 5.60. The quantitative estimate of drug-likeness (QED) is 0.667. The van der Waals surface area contributed by atoms with Gasteiger partial charge in [0.2, 0.25) is 0 Å². The third-order valence-corrected chi connectivity index (χ3v) is 3.68. The van der Waals surface area contributed by atoms with Crippen molar-refractivity contribution in [1.29, 1.82) is 0 Å². The maximum atomic E-state index is 9.36. The largest absolute Gasteiger partial charge is 0.394 e. The Morgan fingerprint density at radius 1 is 1.41 bits per heavy atom. The predicted octanol–water partition coefficient (Wildman–Crippen LogP) is 0.482. The van der Waals surface area contributed by atoms with E-state index < -0.39 is 6.10 Å². The zero-order valence-corrected chi connectivity index (χ0v) is 10.3. The molecule has 0 saturated carbocycles. The minimum atomic E-state index is -0.675. The van der Waals surface area contributed by atoms with Gasteiger partial charge in [-0.2, -0.15) is 0 Å². The van der Waals surface area contributed by atoms with E-state index in [4.69, 9.17) is 5.11 Å². The highest BCUT2D eigenvalue weighted by molar-refractivity contribution is 7.99. The first-order chi connectivity index (χ1) is 8.31. The van der Waals surface area contributed by atoms with Gasteiger partial charge in [0, 0.05) is 22.8 Å². The molecule has 0 amide bonds. The summed E-state index contributed by atoms with van der Waals surface area (Å²) in [6.07, 6.45) is -0.675. The summed E-state index contributed by atoms with van der Waals surface area (Å²) >= 11 is 1.54. The minimum absolute atomic E-state index is 0.200. The van der Waals surface area contributed by atoms with Crippen molar-refractivity contribution in [3.8, 4) is 0 Å². The fourth-order valence-corrected chi connectivity index (χ4v) is 2.58. The summed E-state index contributed by atoms with van der Waals surface area (Å²) in [5, 5.41) is 21.4. The van der Waals surface area contributed by atoms with Crippen LogP contribution in [-0.2, 0) is 0 Å². The van der Waals surface area contributed by atoms with Gasteiger partial charge in [-0.25, -0.2) is 0 Å². The van der Waals surface area contributed by atoms with Crippen LogP contribution in [0.3, 0.4) is 0 Å². The Bertz CT molecular complexity index is 409. The van der Waals surface area contributed by atoms with Crippen molar-refractivity contribution < 1.29 is 10.2 Å². The van der Waals surface area contributed by atoms with Crippen molar-refractivity contribution in [3.63, 3.8) is 0 Å². The average molecular weight is 252 g/mol. The predicted molar refractivity (Wildman–Crippen MR) is 69.7 cm³/mol. The molecule has 0 spiro atoms. The molecule has 0 radical (unpaired) electrons. The molecule has 1 unspecified atom stereocenters. The molecule has 1 heterocycles. The van der Waals surface area contributed by atoms with E-state index in [1.807, 2.05) is 24.3 Å². The molecule has 3 N–H and O–H groups in total. The highest BCUT2D eigenvalue weighted by Crippen LogP contribution is 2.24. The van der Waals surface area contributed by atoms with E-state index in [2.05, 4.69) is 10.3 Å². The van der Waals surface area contributed by atoms with Crippen molar-refractivity contribution in [2.75, 3.05) is 25.4 Å². The van der Waals surface area contributed by atoms with Crippen LogP contribution in [0.15, 0.2) is 34.2 Å². The molecule has 4 nitrogen and oxygen atoms in total. The minimum Gasteiger partial charge on any atom is -0.394 e. The molecule has 2 rings (SSSR count). The zero-order chi connectivity index (χ0) is 12.1. The van der Waals surface area contributed by atoms with Crippen LogP contribution in [0.4, 0.5) is 0 Å². The smallest absolute Gasteiger partial charge is 0.129 e. The molecule has 0 fully saturated rings. The summed E-state index contributed by atoms with van der Waals surface area (Å²) in [6, 6.07) is 7.97. The van der Waals surface area contributed by atoms with Gasteiger partial charge in [-0.1, -0.05) is 18.2 Å². The van der Waals surface area contributed by atoms with Gasteiger partial charge in [0.1, 0.15) is 5.84 Å². The Kier molecular flexibility index (Phi) is 4.42. The molecule has 1 atom stereocenters. The Balaban J connectivity index is 2.10. The van der Waals surface area contributed by atoms with Gasteiger partial charge in [-0.3, -0.25) is 4.99 Å². The number of nitrogens with zero attached hydrogens (tertiary/aromatic N) is 1. The van der Waals surface area contributed by atoms with E-state index >= 15 is 0 Å². The van der Waals surface area contributed by atoms with Gasteiger partial charge in [-0.05, 0) is 6.07 Å². The second-order valence-corrected chi connectivity index (χ2v) is 4.86. The van der Waals surface area contributed by atoms with Crippen LogP contribution < -0.4 is 5.32 Å². The maximum absolute atomic E-state index is 9.36. The zero-order valence-electron chi connectivity index (χ0n) is 9.47.